The quantitative estimate of drug-likeness (QED) is 0.796. The largest absolute Gasteiger partial charge is 0.486 e. The lowest BCUT2D eigenvalue weighted by Gasteiger charge is -2.32. The first-order valence-corrected chi connectivity index (χ1v) is 10.4. The first-order valence-electron chi connectivity index (χ1n) is 10.4. The summed E-state index contributed by atoms with van der Waals surface area (Å²) in [6, 6.07) is 17.3. The van der Waals surface area contributed by atoms with Crippen LogP contribution in [0.3, 0.4) is 0 Å². The summed E-state index contributed by atoms with van der Waals surface area (Å²) in [6.45, 7) is 2.46. The third kappa shape index (κ3) is 5.03. The van der Waals surface area contributed by atoms with Crippen molar-refractivity contribution in [1.82, 2.24) is 15.5 Å². The Kier molecular flexibility index (Phi) is 6.37. The first-order chi connectivity index (χ1) is 14.7. The highest BCUT2D eigenvalue weighted by molar-refractivity contribution is 5.79. The summed E-state index contributed by atoms with van der Waals surface area (Å²) in [5, 5.41) is 5.93. The van der Waals surface area contributed by atoms with Crippen LogP contribution in [0, 0.1) is 5.92 Å². The van der Waals surface area contributed by atoms with Crippen LogP contribution in [-0.2, 0) is 11.3 Å². The van der Waals surface area contributed by atoms with E-state index in [-0.39, 0.29) is 24.0 Å². The molecule has 0 spiro atoms. The first kappa shape index (κ1) is 20.1. The molecular formula is C23H27N3O4. The fourth-order valence-electron chi connectivity index (χ4n) is 3.75. The third-order valence-electron chi connectivity index (χ3n) is 5.51. The normalized spacial score (nSPS) is 18.5. The number of ether oxygens (including phenoxy) is 2. The molecule has 1 fully saturated rings. The Hall–Kier alpha value is -3.22. The van der Waals surface area contributed by atoms with Crippen molar-refractivity contribution in [2.24, 2.45) is 5.92 Å². The number of hydrogen-bond acceptors (Lipinski definition) is 4. The minimum absolute atomic E-state index is 0.0515. The van der Waals surface area contributed by atoms with E-state index in [0.29, 0.717) is 51.4 Å². The summed E-state index contributed by atoms with van der Waals surface area (Å²) in [4.78, 5) is 26.7. The summed E-state index contributed by atoms with van der Waals surface area (Å²) in [5.74, 6) is 1.44. The fourth-order valence-corrected chi connectivity index (χ4v) is 3.75. The third-order valence-corrected chi connectivity index (χ3v) is 5.51. The van der Waals surface area contributed by atoms with Crippen LogP contribution in [0.2, 0.25) is 0 Å². The van der Waals surface area contributed by atoms with Crippen molar-refractivity contribution in [3.05, 3.63) is 60.2 Å². The zero-order chi connectivity index (χ0) is 20.8. The maximum absolute atomic E-state index is 12.5. The Balaban J connectivity index is 1.17. The molecule has 0 aliphatic carbocycles. The molecule has 7 heteroatoms. The molecule has 0 unspecified atom stereocenters. The number of rotatable bonds is 5. The Morgan fingerprint density at radius 1 is 0.933 bits per heavy atom. The Morgan fingerprint density at radius 2 is 1.63 bits per heavy atom. The lowest BCUT2D eigenvalue weighted by atomic mass is 9.96. The van der Waals surface area contributed by atoms with E-state index < -0.39 is 0 Å². The standard InChI is InChI=1S/C23H27N3O4/c27-22(24-14-17-6-2-1-3-7-17)18-10-12-26(13-11-18)23(28)25-15-19-16-29-20-8-4-5-9-21(20)30-19/h1-9,18-19H,10-16H2,(H,24,27)(H,25,28)/t19-/m1/s1. The number of fused-ring (bicyclic) bond motifs is 1. The Morgan fingerprint density at radius 3 is 2.40 bits per heavy atom. The van der Waals surface area contributed by atoms with Crippen LogP contribution in [0.25, 0.3) is 0 Å². The van der Waals surface area contributed by atoms with Gasteiger partial charge in [-0.05, 0) is 30.5 Å². The van der Waals surface area contributed by atoms with Crippen molar-refractivity contribution in [1.29, 1.82) is 0 Å². The van der Waals surface area contributed by atoms with Gasteiger partial charge in [0, 0.05) is 25.6 Å². The average Bonchev–Trinajstić information content (AvgIpc) is 2.81. The maximum Gasteiger partial charge on any atom is 0.317 e. The summed E-state index contributed by atoms with van der Waals surface area (Å²) >= 11 is 0. The van der Waals surface area contributed by atoms with Gasteiger partial charge < -0.3 is 25.0 Å². The number of urea groups is 1. The van der Waals surface area contributed by atoms with Gasteiger partial charge in [-0.15, -0.1) is 0 Å². The molecule has 0 saturated carbocycles. The van der Waals surface area contributed by atoms with Gasteiger partial charge in [-0.3, -0.25) is 4.79 Å². The van der Waals surface area contributed by atoms with Crippen molar-refractivity contribution >= 4 is 11.9 Å². The van der Waals surface area contributed by atoms with Crippen molar-refractivity contribution in [3.63, 3.8) is 0 Å². The van der Waals surface area contributed by atoms with Crippen molar-refractivity contribution in [2.45, 2.75) is 25.5 Å². The molecule has 3 amide bonds. The second-order valence-electron chi connectivity index (χ2n) is 7.65. The lowest BCUT2D eigenvalue weighted by molar-refractivity contribution is -0.126. The highest BCUT2D eigenvalue weighted by Gasteiger charge is 2.28. The second-order valence-corrected chi connectivity index (χ2v) is 7.65. The molecule has 0 aromatic heterocycles. The second kappa shape index (κ2) is 9.52. The molecule has 4 rings (SSSR count). The van der Waals surface area contributed by atoms with Crippen LogP contribution in [0.5, 0.6) is 11.5 Å². The minimum atomic E-state index is -0.217. The predicted molar refractivity (Wildman–Crippen MR) is 112 cm³/mol. The smallest absolute Gasteiger partial charge is 0.317 e. The van der Waals surface area contributed by atoms with E-state index >= 15 is 0 Å². The molecule has 2 aromatic carbocycles. The summed E-state index contributed by atoms with van der Waals surface area (Å²) < 4.78 is 11.5. The van der Waals surface area contributed by atoms with Gasteiger partial charge >= 0.3 is 6.03 Å². The minimum Gasteiger partial charge on any atom is -0.486 e. The molecule has 30 heavy (non-hydrogen) atoms. The van der Waals surface area contributed by atoms with Crippen LogP contribution < -0.4 is 20.1 Å². The van der Waals surface area contributed by atoms with Crippen molar-refractivity contribution in [3.8, 4) is 11.5 Å². The zero-order valence-electron chi connectivity index (χ0n) is 16.9. The van der Waals surface area contributed by atoms with Gasteiger partial charge in [-0.25, -0.2) is 4.79 Å². The molecule has 2 aliphatic rings. The summed E-state index contributed by atoms with van der Waals surface area (Å²) in [6.07, 6.45) is 1.12. The number of carbonyl (C=O) groups excluding carboxylic acids is 2. The van der Waals surface area contributed by atoms with Gasteiger partial charge in [0.15, 0.2) is 17.6 Å². The molecule has 2 N–H and O–H groups in total. The van der Waals surface area contributed by atoms with Crippen LogP contribution in [0.1, 0.15) is 18.4 Å². The molecule has 1 saturated heterocycles. The molecule has 2 aliphatic heterocycles. The number of nitrogens with zero attached hydrogens (tertiary/aromatic N) is 1. The number of benzene rings is 2. The molecule has 7 nitrogen and oxygen atoms in total. The van der Waals surface area contributed by atoms with E-state index in [1.165, 1.54) is 0 Å². The van der Waals surface area contributed by atoms with Crippen LogP contribution in [0.15, 0.2) is 54.6 Å². The number of carbonyl (C=O) groups is 2. The number of para-hydroxylation sites is 2. The van der Waals surface area contributed by atoms with Crippen LogP contribution >= 0.6 is 0 Å². The zero-order valence-corrected chi connectivity index (χ0v) is 16.9. The topological polar surface area (TPSA) is 79.9 Å². The summed E-state index contributed by atoms with van der Waals surface area (Å²) in [7, 11) is 0. The van der Waals surface area contributed by atoms with Gasteiger partial charge in [0.1, 0.15) is 6.61 Å². The van der Waals surface area contributed by atoms with Crippen molar-refractivity contribution in [2.75, 3.05) is 26.2 Å². The van der Waals surface area contributed by atoms with E-state index in [4.69, 9.17) is 9.47 Å². The molecule has 2 aromatic rings. The van der Waals surface area contributed by atoms with Crippen LogP contribution in [0.4, 0.5) is 4.79 Å². The van der Waals surface area contributed by atoms with Gasteiger partial charge in [0.05, 0.1) is 6.54 Å². The van der Waals surface area contributed by atoms with Crippen LogP contribution in [-0.4, -0.2) is 49.2 Å². The number of piperidine rings is 1. The Bertz CT molecular complexity index is 866. The number of hydrogen-bond donors (Lipinski definition) is 2. The van der Waals surface area contributed by atoms with E-state index in [1.54, 1.807) is 4.90 Å². The molecule has 0 bridgehead atoms. The van der Waals surface area contributed by atoms with E-state index in [1.807, 2.05) is 54.6 Å². The van der Waals surface area contributed by atoms with Gasteiger partial charge in [0.2, 0.25) is 5.91 Å². The van der Waals surface area contributed by atoms with E-state index in [2.05, 4.69) is 10.6 Å². The monoisotopic (exact) mass is 409 g/mol. The lowest BCUT2D eigenvalue weighted by Crippen LogP contribution is -2.49. The Labute approximate surface area is 176 Å². The predicted octanol–water partition coefficient (Wildman–Crippen LogP) is 2.56. The average molecular weight is 409 g/mol. The molecule has 1 atom stereocenters. The highest BCUT2D eigenvalue weighted by Crippen LogP contribution is 2.30. The number of likely N-dealkylation sites (tertiary alicyclic amines) is 1. The molecule has 0 radical (unpaired) electrons. The molecular weight excluding hydrogens is 382 g/mol. The number of amides is 3. The fraction of sp³-hybridized carbons (Fsp3) is 0.391. The van der Waals surface area contributed by atoms with Gasteiger partial charge in [-0.1, -0.05) is 42.5 Å². The number of nitrogens with one attached hydrogen (secondary N) is 2. The van der Waals surface area contributed by atoms with E-state index in [0.717, 1.165) is 11.3 Å². The molecule has 2 heterocycles. The highest BCUT2D eigenvalue weighted by atomic mass is 16.6. The summed E-state index contributed by atoms with van der Waals surface area (Å²) in [5.41, 5.74) is 1.08. The van der Waals surface area contributed by atoms with E-state index in [9.17, 15) is 9.59 Å². The van der Waals surface area contributed by atoms with Crippen molar-refractivity contribution < 1.29 is 19.1 Å². The van der Waals surface area contributed by atoms with Gasteiger partial charge in [-0.2, -0.15) is 0 Å². The SMILES string of the molecule is O=C(NCc1ccccc1)C1CCN(C(=O)NC[C@@H]2COc3ccccc3O2)CC1. The molecule has 158 valence electrons. The maximum atomic E-state index is 12.5. The van der Waals surface area contributed by atoms with Gasteiger partial charge in [0.25, 0.3) is 0 Å².